The standard InChI is InChI=1S/C21H23ClN2O4/c1-15-21(26)24(17-8-4-6-10-19(17)28-15)12-11-20(25)23(2)13-14-27-18-9-5-3-7-16(18)22/h3-10,15H,11-14H2,1-2H3. The monoisotopic (exact) mass is 402 g/mol. The molecule has 6 nitrogen and oxygen atoms in total. The third kappa shape index (κ3) is 4.57. The molecule has 3 rings (SSSR count). The topological polar surface area (TPSA) is 59.1 Å². The molecule has 7 heteroatoms. The Kier molecular flexibility index (Phi) is 6.41. The number of ether oxygens (including phenoxy) is 2. The largest absolute Gasteiger partial charge is 0.490 e. The van der Waals surface area contributed by atoms with Crippen LogP contribution in [0, 0.1) is 0 Å². The van der Waals surface area contributed by atoms with Crippen molar-refractivity contribution in [3.8, 4) is 11.5 Å². The fourth-order valence-electron chi connectivity index (χ4n) is 2.97. The highest BCUT2D eigenvalue weighted by Gasteiger charge is 2.31. The van der Waals surface area contributed by atoms with Crippen molar-refractivity contribution in [1.82, 2.24) is 4.90 Å². The Balaban J connectivity index is 1.52. The van der Waals surface area contributed by atoms with Crippen LogP contribution in [0.1, 0.15) is 13.3 Å². The lowest BCUT2D eigenvalue weighted by molar-refractivity contribution is -0.130. The van der Waals surface area contributed by atoms with Crippen molar-refractivity contribution in [2.45, 2.75) is 19.4 Å². The van der Waals surface area contributed by atoms with Gasteiger partial charge in [-0.1, -0.05) is 35.9 Å². The van der Waals surface area contributed by atoms with Crippen LogP contribution in [0.25, 0.3) is 0 Å². The molecule has 0 N–H and O–H groups in total. The van der Waals surface area contributed by atoms with Crippen LogP contribution in [0.15, 0.2) is 48.5 Å². The molecule has 148 valence electrons. The number of amides is 2. The maximum Gasteiger partial charge on any atom is 0.267 e. The highest BCUT2D eigenvalue weighted by molar-refractivity contribution is 6.32. The van der Waals surface area contributed by atoms with E-state index in [-0.39, 0.29) is 18.2 Å². The van der Waals surface area contributed by atoms with Crippen molar-refractivity contribution in [3.05, 3.63) is 53.6 Å². The summed E-state index contributed by atoms with van der Waals surface area (Å²) in [5.74, 6) is 1.04. The second-order valence-electron chi connectivity index (χ2n) is 6.56. The number of carbonyl (C=O) groups is 2. The molecule has 0 spiro atoms. The Morgan fingerprint density at radius 3 is 2.71 bits per heavy atom. The van der Waals surface area contributed by atoms with E-state index in [2.05, 4.69) is 0 Å². The van der Waals surface area contributed by atoms with Crippen LogP contribution >= 0.6 is 11.6 Å². The lowest BCUT2D eigenvalue weighted by Crippen LogP contribution is -2.46. The minimum Gasteiger partial charge on any atom is -0.490 e. The van der Waals surface area contributed by atoms with E-state index < -0.39 is 6.10 Å². The SMILES string of the molecule is CC1Oc2ccccc2N(CCC(=O)N(C)CCOc2ccccc2Cl)C1=O. The summed E-state index contributed by atoms with van der Waals surface area (Å²) in [5, 5.41) is 0.537. The summed E-state index contributed by atoms with van der Waals surface area (Å²) in [4.78, 5) is 28.2. The second kappa shape index (κ2) is 8.97. The number of hydrogen-bond acceptors (Lipinski definition) is 4. The number of hydrogen-bond donors (Lipinski definition) is 0. The Hall–Kier alpha value is -2.73. The predicted molar refractivity (Wildman–Crippen MR) is 108 cm³/mol. The van der Waals surface area contributed by atoms with Gasteiger partial charge in [0.05, 0.1) is 17.3 Å². The molecule has 0 saturated carbocycles. The Morgan fingerprint density at radius 1 is 1.21 bits per heavy atom. The summed E-state index contributed by atoms with van der Waals surface area (Å²) >= 11 is 6.05. The van der Waals surface area contributed by atoms with E-state index >= 15 is 0 Å². The molecule has 2 amide bonds. The Morgan fingerprint density at radius 2 is 1.93 bits per heavy atom. The van der Waals surface area contributed by atoms with E-state index in [1.165, 1.54) is 0 Å². The fraction of sp³-hybridized carbons (Fsp3) is 0.333. The quantitative estimate of drug-likeness (QED) is 0.712. The number of para-hydroxylation sites is 3. The first-order valence-corrected chi connectivity index (χ1v) is 9.53. The number of carbonyl (C=O) groups excluding carboxylic acids is 2. The lowest BCUT2D eigenvalue weighted by Gasteiger charge is -2.33. The van der Waals surface area contributed by atoms with E-state index in [9.17, 15) is 9.59 Å². The zero-order valence-corrected chi connectivity index (χ0v) is 16.7. The molecule has 0 aliphatic carbocycles. The van der Waals surface area contributed by atoms with Gasteiger partial charge in [-0.3, -0.25) is 9.59 Å². The second-order valence-corrected chi connectivity index (χ2v) is 6.97. The summed E-state index contributed by atoms with van der Waals surface area (Å²) in [7, 11) is 1.72. The van der Waals surface area contributed by atoms with Crippen LogP contribution in [0.3, 0.4) is 0 Å². The first kappa shape index (κ1) is 20.0. The van der Waals surface area contributed by atoms with E-state index in [0.29, 0.717) is 41.9 Å². The molecular weight excluding hydrogens is 380 g/mol. The van der Waals surface area contributed by atoms with Crippen molar-refractivity contribution in [2.24, 2.45) is 0 Å². The molecule has 1 aliphatic heterocycles. The van der Waals surface area contributed by atoms with Gasteiger partial charge in [-0.15, -0.1) is 0 Å². The molecule has 1 heterocycles. The third-order valence-corrected chi connectivity index (χ3v) is 4.88. The highest BCUT2D eigenvalue weighted by atomic mass is 35.5. The van der Waals surface area contributed by atoms with Gasteiger partial charge in [0.1, 0.15) is 18.1 Å². The minimum atomic E-state index is -0.563. The number of halogens is 1. The fourth-order valence-corrected chi connectivity index (χ4v) is 3.16. The molecule has 0 saturated heterocycles. The van der Waals surface area contributed by atoms with Crippen molar-refractivity contribution < 1.29 is 19.1 Å². The molecule has 0 fully saturated rings. The Bertz CT molecular complexity index is 858. The first-order chi connectivity index (χ1) is 13.5. The zero-order chi connectivity index (χ0) is 20.1. The number of likely N-dealkylation sites (N-methyl/N-ethyl adjacent to an activating group) is 1. The van der Waals surface area contributed by atoms with Crippen LogP contribution in [0.5, 0.6) is 11.5 Å². The first-order valence-electron chi connectivity index (χ1n) is 9.15. The maximum absolute atomic E-state index is 12.5. The van der Waals surface area contributed by atoms with Crippen molar-refractivity contribution in [3.63, 3.8) is 0 Å². The van der Waals surface area contributed by atoms with Crippen LogP contribution < -0.4 is 14.4 Å². The summed E-state index contributed by atoms with van der Waals surface area (Å²) < 4.78 is 11.2. The van der Waals surface area contributed by atoms with Gasteiger partial charge in [-0.2, -0.15) is 0 Å². The molecule has 1 unspecified atom stereocenters. The van der Waals surface area contributed by atoms with Gasteiger partial charge < -0.3 is 19.3 Å². The minimum absolute atomic E-state index is 0.0628. The average Bonchev–Trinajstić information content (AvgIpc) is 2.69. The molecule has 1 atom stereocenters. The molecule has 0 radical (unpaired) electrons. The number of benzene rings is 2. The third-order valence-electron chi connectivity index (χ3n) is 4.57. The summed E-state index contributed by atoms with van der Waals surface area (Å²) in [6.45, 7) is 2.78. The number of fused-ring (bicyclic) bond motifs is 1. The molecule has 1 aliphatic rings. The van der Waals surface area contributed by atoms with Gasteiger partial charge in [-0.25, -0.2) is 0 Å². The highest BCUT2D eigenvalue weighted by Crippen LogP contribution is 2.33. The zero-order valence-electron chi connectivity index (χ0n) is 15.9. The molecule has 2 aromatic rings. The van der Waals surface area contributed by atoms with E-state index in [0.717, 1.165) is 0 Å². The summed E-state index contributed by atoms with van der Waals surface area (Å²) in [5.41, 5.74) is 0.697. The van der Waals surface area contributed by atoms with Crippen LogP contribution in [0.4, 0.5) is 5.69 Å². The molecule has 0 bridgehead atoms. The van der Waals surface area contributed by atoms with Gasteiger partial charge in [-0.05, 0) is 31.2 Å². The predicted octanol–water partition coefficient (Wildman–Crippen LogP) is 3.38. The van der Waals surface area contributed by atoms with Gasteiger partial charge in [0.2, 0.25) is 5.91 Å². The molecule has 28 heavy (non-hydrogen) atoms. The molecule has 2 aromatic carbocycles. The van der Waals surface area contributed by atoms with Gasteiger partial charge in [0.25, 0.3) is 5.91 Å². The van der Waals surface area contributed by atoms with Crippen molar-refractivity contribution in [1.29, 1.82) is 0 Å². The van der Waals surface area contributed by atoms with E-state index in [1.54, 1.807) is 35.9 Å². The number of nitrogens with zero attached hydrogens (tertiary/aromatic N) is 2. The normalized spacial score (nSPS) is 15.6. The average molecular weight is 403 g/mol. The van der Waals surface area contributed by atoms with Crippen molar-refractivity contribution >= 4 is 29.1 Å². The Labute approximate surface area is 169 Å². The van der Waals surface area contributed by atoms with E-state index in [1.807, 2.05) is 36.4 Å². The van der Waals surface area contributed by atoms with Crippen molar-refractivity contribution in [2.75, 3.05) is 31.6 Å². The van der Waals surface area contributed by atoms with Crippen LogP contribution in [-0.4, -0.2) is 49.6 Å². The number of anilines is 1. The van der Waals surface area contributed by atoms with Gasteiger partial charge >= 0.3 is 0 Å². The summed E-state index contributed by atoms with van der Waals surface area (Å²) in [6.07, 6.45) is -0.346. The molecule has 0 aromatic heterocycles. The van der Waals surface area contributed by atoms with Crippen LogP contribution in [0.2, 0.25) is 5.02 Å². The van der Waals surface area contributed by atoms with Gasteiger partial charge in [0.15, 0.2) is 6.10 Å². The van der Waals surface area contributed by atoms with Crippen LogP contribution in [-0.2, 0) is 9.59 Å². The maximum atomic E-state index is 12.5. The van der Waals surface area contributed by atoms with E-state index in [4.69, 9.17) is 21.1 Å². The smallest absolute Gasteiger partial charge is 0.267 e. The number of rotatable bonds is 7. The summed E-state index contributed by atoms with van der Waals surface area (Å²) in [6, 6.07) is 14.6. The van der Waals surface area contributed by atoms with Gasteiger partial charge in [0, 0.05) is 20.0 Å². The molecular formula is C21H23ClN2O4. The lowest BCUT2D eigenvalue weighted by atomic mass is 10.1.